The zero-order valence-corrected chi connectivity index (χ0v) is 10.9. The van der Waals surface area contributed by atoms with Gasteiger partial charge in [-0.3, -0.25) is 19.2 Å². The normalized spacial score (nSPS) is 24.7. The smallest absolute Gasteiger partial charge is 0.322 e. The number of nitrogens with one attached hydrogen (secondary N) is 2. The number of nitrogens with two attached hydrogens (primary N) is 1. The summed E-state index contributed by atoms with van der Waals surface area (Å²) < 4.78 is 0. The fourth-order valence-corrected chi connectivity index (χ4v) is 2.31. The van der Waals surface area contributed by atoms with Crippen LogP contribution in [0.15, 0.2) is 0 Å². The van der Waals surface area contributed by atoms with E-state index in [1.807, 2.05) is 0 Å². The van der Waals surface area contributed by atoms with Crippen LogP contribution in [-0.4, -0.2) is 52.4 Å². The molecule has 2 amide bonds. The van der Waals surface area contributed by atoms with E-state index < -0.39 is 30.5 Å². The number of thioether (sulfide) groups is 1. The van der Waals surface area contributed by atoms with Crippen LogP contribution in [-0.2, 0) is 19.2 Å². The molecule has 19 heavy (non-hydrogen) atoms. The Morgan fingerprint density at radius 1 is 1.47 bits per heavy atom. The van der Waals surface area contributed by atoms with Crippen molar-refractivity contribution in [1.29, 1.82) is 0 Å². The molecule has 0 aromatic rings. The SMILES string of the molecule is N[C@H]1CCC(=O)N[C@H](C(=O)NCC(=O)O)CSC1=O. The molecular weight excluding hydrogens is 274 g/mol. The molecule has 106 valence electrons. The molecule has 0 aromatic heterocycles. The molecule has 1 rings (SSSR count). The van der Waals surface area contributed by atoms with Crippen molar-refractivity contribution in [2.24, 2.45) is 5.73 Å². The fraction of sp³-hybridized carbons (Fsp3) is 0.600. The van der Waals surface area contributed by atoms with Crippen molar-refractivity contribution in [3.8, 4) is 0 Å². The average Bonchev–Trinajstić information content (AvgIpc) is 2.41. The number of rotatable bonds is 3. The molecular formula is C10H15N3O5S. The first kappa shape index (κ1) is 15.4. The Bertz CT molecular complexity index is 401. The Labute approximate surface area is 113 Å². The van der Waals surface area contributed by atoms with E-state index in [0.717, 1.165) is 11.8 Å². The lowest BCUT2D eigenvalue weighted by molar-refractivity contribution is -0.138. The van der Waals surface area contributed by atoms with Crippen molar-refractivity contribution >= 4 is 34.7 Å². The predicted octanol–water partition coefficient (Wildman–Crippen LogP) is -1.95. The van der Waals surface area contributed by atoms with E-state index in [1.165, 1.54) is 0 Å². The summed E-state index contributed by atoms with van der Waals surface area (Å²) in [6.45, 7) is -0.538. The molecule has 0 spiro atoms. The van der Waals surface area contributed by atoms with Gasteiger partial charge < -0.3 is 21.5 Å². The molecule has 2 atom stereocenters. The maximum Gasteiger partial charge on any atom is 0.322 e. The van der Waals surface area contributed by atoms with Crippen LogP contribution in [0, 0.1) is 0 Å². The van der Waals surface area contributed by atoms with E-state index in [-0.39, 0.29) is 29.6 Å². The lowest BCUT2D eigenvalue weighted by Crippen LogP contribution is -2.49. The van der Waals surface area contributed by atoms with Gasteiger partial charge in [-0.25, -0.2) is 0 Å². The monoisotopic (exact) mass is 289 g/mol. The van der Waals surface area contributed by atoms with E-state index >= 15 is 0 Å². The maximum atomic E-state index is 11.7. The second-order valence-electron chi connectivity index (χ2n) is 4.01. The van der Waals surface area contributed by atoms with Gasteiger partial charge in [0, 0.05) is 12.2 Å². The van der Waals surface area contributed by atoms with Gasteiger partial charge in [0.05, 0.1) is 6.04 Å². The van der Waals surface area contributed by atoms with E-state index in [2.05, 4.69) is 10.6 Å². The summed E-state index contributed by atoms with van der Waals surface area (Å²) >= 11 is 0.860. The van der Waals surface area contributed by atoms with E-state index in [1.54, 1.807) is 0 Å². The van der Waals surface area contributed by atoms with Crippen molar-refractivity contribution < 1.29 is 24.3 Å². The van der Waals surface area contributed by atoms with Crippen molar-refractivity contribution in [3.05, 3.63) is 0 Å². The van der Waals surface area contributed by atoms with Crippen LogP contribution >= 0.6 is 11.8 Å². The first-order valence-electron chi connectivity index (χ1n) is 5.61. The Morgan fingerprint density at radius 3 is 2.79 bits per heavy atom. The first-order chi connectivity index (χ1) is 8.90. The summed E-state index contributed by atoms with van der Waals surface area (Å²) in [6, 6.07) is -1.66. The van der Waals surface area contributed by atoms with Crippen LogP contribution in [0.25, 0.3) is 0 Å². The van der Waals surface area contributed by atoms with Crippen LogP contribution < -0.4 is 16.4 Å². The average molecular weight is 289 g/mol. The van der Waals surface area contributed by atoms with Crippen LogP contribution in [0.2, 0.25) is 0 Å². The Hall–Kier alpha value is -1.61. The molecule has 8 nitrogen and oxygen atoms in total. The number of hydrogen-bond donors (Lipinski definition) is 4. The third-order valence-corrected chi connectivity index (χ3v) is 3.53. The number of amides is 2. The number of carboxylic acids is 1. The van der Waals surface area contributed by atoms with Gasteiger partial charge in [-0.2, -0.15) is 0 Å². The van der Waals surface area contributed by atoms with Crippen molar-refractivity contribution in [3.63, 3.8) is 0 Å². The highest BCUT2D eigenvalue weighted by atomic mass is 32.2. The minimum Gasteiger partial charge on any atom is -0.480 e. The highest BCUT2D eigenvalue weighted by Gasteiger charge is 2.26. The first-order valence-corrected chi connectivity index (χ1v) is 6.60. The quantitative estimate of drug-likeness (QED) is 0.473. The van der Waals surface area contributed by atoms with Gasteiger partial charge in [0.15, 0.2) is 0 Å². The molecule has 1 heterocycles. The van der Waals surface area contributed by atoms with Crippen molar-refractivity contribution in [2.75, 3.05) is 12.3 Å². The summed E-state index contributed by atoms with van der Waals surface area (Å²) in [5.74, 6) is -2.18. The van der Waals surface area contributed by atoms with Gasteiger partial charge in [-0.1, -0.05) is 11.8 Å². The molecule has 1 fully saturated rings. The summed E-state index contributed by atoms with van der Waals surface area (Å²) in [4.78, 5) is 45.1. The van der Waals surface area contributed by atoms with Crippen LogP contribution in [0.5, 0.6) is 0 Å². The van der Waals surface area contributed by atoms with Gasteiger partial charge >= 0.3 is 5.97 Å². The molecule has 1 saturated heterocycles. The summed E-state index contributed by atoms with van der Waals surface area (Å²) in [5.41, 5.74) is 5.57. The standard InChI is InChI=1S/C10H15N3O5S/c11-5-1-2-7(14)13-6(4-19-10(5)18)9(17)12-3-8(15)16/h5-6H,1-4,11H2,(H,12,17)(H,13,14)(H,15,16)/t5-,6-/m0/s1. The highest BCUT2D eigenvalue weighted by Crippen LogP contribution is 2.12. The predicted molar refractivity (Wildman–Crippen MR) is 67.3 cm³/mol. The number of aliphatic carboxylic acids is 1. The molecule has 0 aliphatic carbocycles. The second-order valence-corrected chi connectivity index (χ2v) is 5.03. The largest absolute Gasteiger partial charge is 0.480 e. The van der Waals surface area contributed by atoms with E-state index in [0.29, 0.717) is 0 Å². The number of carbonyl (C=O) groups excluding carboxylic acids is 3. The van der Waals surface area contributed by atoms with Gasteiger partial charge in [0.25, 0.3) is 0 Å². The lowest BCUT2D eigenvalue weighted by atomic mass is 10.1. The van der Waals surface area contributed by atoms with E-state index in [4.69, 9.17) is 10.8 Å². The van der Waals surface area contributed by atoms with Crippen LogP contribution in [0.1, 0.15) is 12.8 Å². The highest BCUT2D eigenvalue weighted by molar-refractivity contribution is 8.13. The number of carbonyl (C=O) groups is 4. The minimum atomic E-state index is -1.19. The zero-order chi connectivity index (χ0) is 14.4. The Morgan fingerprint density at radius 2 is 2.16 bits per heavy atom. The third kappa shape index (κ3) is 5.26. The Kier molecular flexibility index (Phi) is 5.77. The molecule has 0 radical (unpaired) electrons. The fourth-order valence-electron chi connectivity index (χ4n) is 1.41. The molecule has 1 aliphatic heterocycles. The molecule has 0 saturated carbocycles. The number of carboxylic acid groups (broad SMARTS) is 1. The van der Waals surface area contributed by atoms with Crippen molar-refractivity contribution in [1.82, 2.24) is 10.6 Å². The maximum absolute atomic E-state index is 11.7. The molecule has 9 heteroatoms. The zero-order valence-electron chi connectivity index (χ0n) is 10.0. The minimum absolute atomic E-state index is 0.0315. The summed E-state index contributed by atoms with van der Waals surface area (Å²) in [7, 11) is 0. The topological polar surface area (TPSA) is 139 Å². The molecule has 0 aromatic carbocycles. The number of hydrogen-bond acceptors (Lipinski definition) is 6. The van der Waals surface area contributed by atoms with Gasteiger partial charge in [0.2, 0.25) is 16.9 Å². The van der Waals surface area contributed by atoms with Crippen LogP contribution in [0.3, 0.4) is 0 Å². The molecule has 5 N–H and O–H groups in total. The second kappa shape index (κ2) is 7.10. The van der Waals surface area contributed by atoms with Gasteiger partial charge in [0.1, 0.15) is 12.6 Å². The van der Waals surface area contributed by atoms with E-state index in [9.17, 15) is 19.2 Å². The Balaban J connectivity index is 2.64. The van der Waals surface area contributed by atoms with Crippen molar-refractivity contribution in [2.45, 2.75) is 24.9 Å². The summed E-state index contributed by atoms with van der Waals surface area (Å²) in [5, 5.41) is 12.8. The van der Waals surface area contributed by atoms with Gasteiger partial charge in [-0.05, 0) is 6.42 Å². The molecule has 0 bridgehead atoms. The molecule has 0 unspecified atom stereocenters. The third-order valence-electron chi connectivity index (χ3n) is 2.44. The van der Waals surface area contributed by atoms with Crippen LogP contribution in [0.4, 0.5) is 0 Å². The molecule has 1 aliphatic rings. The lowest BCUT2D eigenvalue weighted by Gasteiger charge is -2.16. The van der Waals surface area contributed by atoms with Gasteiger partial charge in [-0.15, -0.1) is 0 Å². The summed E-state index contributed by atoms with van der Waals surface area (Å²) in [6.07, 6.45) is 0.275.